The highest BCUT2D eigenvalue weighted by Gasteiger charge is 2.45. The summed E-state index contributed by atoms with van der Waals surface area (Å²) in [6.07, 6.45) is 0.645. The smallest absolute Gasteiger partial charge is 0.326 e. The molecular formula is C26H27NO3. The quantitative estimate of drug-likeness (QED) is 0.541. The van der Waals surface area contributed by atoms with Crippen LogP contribution in [0.3, 0.4) is 0 Å². The van der Waals surface area contributed by atoms with Gasteiger partial charge in [-0.05, 0) is 22.6 Å². The van der Waals surface area contributed by atoms with Crippen molar-refractivity contribution in [1.29, 1.82) is 0 Å². The monoisotopic (exact) mass is 401 g/mol. The second-order valence-corrected chi connectivity index (χ2v) is 7.52. The summed E-state index contributed by atoms with van der Waals surface area (Å²) in [5.74, 6) is -1.58. The van der Waals surface area contributed by atoms with Gasteiger partial charge < -0.3 is 10.4 Å². The van der Waals surface area contributed by atoms with E-state index in [4.69, 9.17) is 0 Å². The molecule has 2 N–H and O–H groups in total. The number of carbonyl (C=O) groups is 2. The average Bonchev–Trinajstić information content (AvgIpc) is 2.79. The Morgan fingerprint density at radius 2 is 1.17 bits per heavy atom. The standard InChI is InChI=1S/C26H27NO3/c1-3-19(2)23(24(28)29)27-25(30)26(20-13-7-4-8-14-20,21-15-9-5-10-16-21)22-17-11-6-12-18-22/h4-19,23H,3H2,1-2H3,(H,27,30)(H,28,29)/t19-,23+/m0/s1. The minimum atomic E-state index is -1.18. The lowest BCUT2D eigenvalue weighted by molar-refractivity contribution is -0.143. The van der Waals surface area contributed by atoms with Crippen molar-refractivity contribution in [2.24, 2.45) is 5.92 Å². The van der Waals surface area contributed by atoms with Crippen molar-refractivity contribution in [2.75, 3.05) is 0 Å². The van der Waals surface area contributed by atoms with E-state index in [9.17, 15) is 14.7 Å². The molecular weight excluding hydrogens is 374 g/mol. The summed E-state index contributed by atoms with van der Waals surface area (Å²) in [5.41, 5.74) is 1.18. The lowest BCUT2D eigenvalue weighted by Crippen LogP contribution is -2.53. The Hall–Kier alpha value is -3.40. The van der Waals surface area contributed by atoms with Gasteiger partial charge >= 0.3 is 5.97 Å². The highest BCUT2D eigenvalue weighted by molar-refractivity contribution is 5.98. The van der Waals surface area contributed by atoms with Crippen molar-refractivity contribution in [2.45, 2.75) is 31.7 Å². The van der Waals surface area contributed by atoms with E-state index >= 15 is 0 Å². The van der Waals surface area contributed by atoms with E-state index in [0.29, 0.717) is 6.42 Å². The van der Waals surface area contributed by atoms with Crippen LogP contribution in [0, 0.1) is 5.92 Å². The Labute approximate surface area is 177 Å². The molecule has 0 saturated carbocycles. The van der Waals surface area contributed by atoms with Crippen LogP contribution < -0.4 is 5.32 Å². The van der Waals surface area contributed by atoms with Crippen molar-refractivity contribution in [1.82, 2.24) is 5.32 Å². The van der Waals surface area contributed by atoms with Crippen LogP contribution in [0.4, 0.5) is 0 Å². The predicted molar refractivity (Wildman–Crippen MR) is 118 cm³/mol. The third kappa shape index (κ3) is 3.99. The van der Waals surface area contributed by atoms with Gasteiger partial charge in [-0.25, -0.2) is 4.79 Å². The molecule has 154 valence electrons. The minimum absolute atomic E-state index is 0.202. The highest BCUT2D eigenvalue weighted by Crippen LogP contribution is 2.39. The molecule has 4 nitrogen and oxygen atoms in total. The Kier molecular flexibility index (Phi) is 6.68. The molecule has 2 atom stereocenters. The number of carbonyl (C=O) groups excluding carboxylic acids is 1. The van der Waals surface area contributed by atoms with Crippen LogP contribution in [0.5, 0.6) is 0 Å². The molecule has 0 saturated heterocycles. The van der Waals surface area contributed by atoms with Gasteiger partial charge in [0.05, 0.1) is 0 Å². The number of carboxylic acids is 1. The number of hydrogen-bond acceptors (Lipinski definition) is 2. The van der Waals surface area contributed by atoms with Crippen molar-refractivity contribution >= 4 is 11.9 Å². The van der Waals surface area contributed by atoms with Crippen molar-refractivity contribution in [3.8, 4) is 0 Å². The number of carboxylic acid groups (broad SMARTS) is 1. The van der Waals surface area contributed by atoms with E-state index in [1.54, 1.807) is 0 Å². The Morgan fingerprint density at radius 3 is 1.47 bits per heavy atom. The number of nitrogens with one attached hydrogen (secondary N) is 1. The molecule has 0 aromatic heterocycles. The van der Waals surface area contributed by atoms with E-state index in [1.807, 2.05) is 105 Å². The van der Waals surface area contributed by atoms with Crippen LogP contribution in [-0.2, 0) is 15.0 Å². The molecule has 3 aromatic carbocycles. The van der Waals surface area contributed by atoms with Crippen LogP contribution in [0.1, 0.15) is 37.0 Å². The van der Waals surface area contributed by atoms with Crippen molar-refractivity contribution in [3.05, 3.63) is 108 Å². The fraction of sp³-hybridized carbons (Fsp3) is 0.231. The van der Waals surface area contributed by atoms with Gasteiger partial charge in [0.25, 0.3) is 0 Å². The zero-order chi connectivity index (χ0) is 21.6. The SMILES string of the molecule is CC[C@H](C)[C@@H](NC(=O)C(c1ccccc1)(c1ccccc1)c1ccccc1)C(=O)O. The van der Waals surface area contributed by atoms with Crippen LogP contribution in [0.2, 0.25) is 0 Å². The predicted octanol–water partition coefficient (Wildman–Crippen LogP) is 4.64. The van der Waals surface area contributed by atoms with Crippen LogP contribution >= 0.6 is 0 Å². The van der Waals surface area contributed by atoms with Crippen molar-refractivity contribution in [3.63, 3.8) is 0 Å². The van der Waals surface area contributed by atoms with Gasteiger partial charge in [-0.1, -0.05) is 111 Å². The number of aliphatic carboxylic acids is 1. The third-order valence-electron chi connectivity index (χ3n) is 5.73. The molecule has 0 spiro atoms. The lowest BCUT2D eigenvalue weighted by atomic mass is 9.68. The fourth-order valence-corrected chi connectivity index (χ4v) is 3.89. The maximum absolute atomic E-state index is 14.0. The molecule has 0 fully saturated rings. The highest BCUT2D eigenvalue weighted by atomic mass is 16.4. The summed E-state index contributed by atoms with van der Waals surface area (Å²) in [6.45, 7) is 3.76. The first-order valence-electron chi connectivity index (χ1n) is 10.2. The molecule has 3 aromatic rings. The first-order chi connectivity index (χ1) is 14.5. The minimum Gasteiger partial charge on any atom is -0.480 e. The Morgan fingerprint density at radius 1 is 0.800 bits per heavy atom. The first kappa shape index (κ1) is 21.3. The molecule has 0 radical (unpaired) electrons. The van der Waals surface area contributed by atoms with Gasteiger partial charge in [-0.2, -0.15) is 0 Å². The topological polar surface area (TPSA) is 66.4 Å². The van der Waals surface area contributed by atoms with Crippen LogP contribution in [0.25, 0.3) is 0 Å². The van der Waals surface area contributed by atoms with Crippen LogP contribution in [-0.4, -0.2) is 23.0 Å². The molecule has 3 rings (SSSR count). The number of rotatable bonds is 8. The summed E-state index contributed by atoms with van der Waals surface area (Å²) in [4.78, 5) is 26.0. The summed E-state index contributed by atoms with van der Waals surface area (Å²) in [6, 6.07) is 27.6. The van der Waals surface area contributed by atoms with E-state index in [2.05, 4.69) is 5.32 Å². The Balaban J connectivity index is 2.26. The summed E-state index contributed by atoms with van der Waals surface area (Å²) in [7, 11) is 0. The number of hydrogen-bond donors (Lipinski definition) is 2. The summed E-state index contributed by atoms with van der Waals surface area (Å²) < 4.78 is 0. The zero-order valence-corrected chi connectivity index (χ0v) is 17.3. The van der Waals surface area contributed by atoms with Gasteiger partial charge in [0.2, 0.25) is 5.91 Å². The lowest BCUT2D eigenvalue weighted by Gasteiger charge is -2.36. The largest absolute Gasteiger partial charge is 0.480 e. The molecule has 0 heterocycles. The fourth-order valence-electron chi connectivity index (χ4n) is 3.89. The van der Waals surface area contributed by atoms with Gasteiger partial charge in [-0.3, -0.25) is 4.79 Å². The summed E-state index contributed by atoms with van der Waals surface area (Å²) >= 11 is 0. The molecule has 4 heteroatoms. The third-order valence-corrected chi connectivity index (χ3v) is 5.73. The van der Waals surface area contributed by atoms with Gasteiger partial charge in [0.1, 0.15) is 11.5 Å². The molecule has 0 aliphatic heterocycles. The maximum atomic E-state index is 14.0. The second-order valence-electron chi connectivity index (χ2n) is 7.52. The van der Waals surface area contributed by atoms with Crippen molar-refractivity contribution < 1.29 is 14.7 Å². The van der Waals surface area contributed by atoms with E-state index in [-0.39, 0.29) is 11.8 Å². The van der Waals surface area contributed by atoms with E-state index in [0.717, 1.165) is 16.7 Å². The Bertz CT molecular complexity index is 874. The molecule has 0 unspecified atom stereocenters. The van der Waals surface area contributed by atoms with E-state index < -0.39 is 17.4 Å². The van der Waals surface area contributed by atoms with Crippen LogP contribution in [0.15, 0.2) is 91.0 Å². The molecule has 1 amide bonds. The second kappa shape index (κ2) is 9.40. The maximum Gasteiger partial charge on any atom is 0.326 e. The zero-order valence-electron chi connectivity index (χ0n) is 17.3. The molecule has 30 heavy (non-hydrogen) atoms. The van der Waals surface area contributed by atoms with Gasteiger partial charge in [-0.15, -0.1) is 0 Å². The number of benzene rings is 3. The van der Waals surface area contributed by atoms with Gasteiger partial charge in [0.15, 0.2) is 0 Å². The normalized spacial score (nSPS) is 13.3. The molecule has 0 bridgehead atoms. The molecule has 0 aliphatic rings. The molecule has 0 aliphatic carbocycles. The van der Waals surface area contributed by atoms with E-state index in [1.165, 1.54) is 0 Å². The number of amides is 1. The first-order valence-corrected chi connectivity index (χ1v) is 10.2. The summed E-state index contributed by atoms with van der Waals surface area (Å²) in [5, 5.41) is 12.7. The van der Waals surface area contributed by atoms with Gasteiger partial charge in [0, 0.05) is 0 Å². The average molecular weight is 402 g/mol.